The van der Waals surface area contributed by atoms with E-state index in [1.54, 1.807) is 19.1 Å². The van der Waals surface area contributed by atoms with Gasteiger partial charge in [0.1, 0.15) is 16.8 Å². The Hall–Kier alpha value is -1.40. The highest BCUT2D eigenvalue weighted by atomic mass is 19.1. The molecule has 0 aromatic heterocycles. The van der Waals surface area contributed by atoms with Crippen LogP contribution in [0.1, 0.15) is 97.3 Å². The SMILES string of the molecule is CCCCC(C)(F)CC=C(OC1CCCCO1)[C@](CCC=CCO)(C(=O)O)C1CCCC1. The Labute approximate surface area is 193 Å². The second-order valence-corrected chi connectivity index (χ2v) is 9.65. The summed E-state index contributed by atoms with van der Waals surface area (Å²) in [6.45, 7) is 4.15. The van der Waals surface area contributed by atoms with E-state index in [2.05, 4.69) is 0 Å². The lowest BCUT2D eigenvalue weighted by molar-refractivity contribution is -0.171. The van der Waals surface area contributed by atoms with Crippen LogP contribution < -0.4 is 0 Å². The van der Waals surface area contributed by atoms with Crippen LogP contribution in [-0.2, 0) is 14.3 Å². The van der Waals surface area contributed by atoms with Gasteiger partial charge in [-0.2, -0.15) is 0 Å². The molecule has 0 spiro atoms. The van der Waals surface area contributed by atoms with E-state index >= 15 is 4.39 Å². The number of alkyl halides is 1. The van der Waals surface area contributed by atoms with Crippen LogP contribution in [0.25, 0.3) is 0 Å². The maximum absolute atomic E-state index is 15.2. The van der Waals surface area contributed by atoms with Gasteiger partial charge in [-0.3, -0.25) is 4.79 Å². The molecule has 1 saturated heterocycles. The molecule has 0 amide bonds. The van der Waals surface area contributed by atoms with Crippen LogP contribution in [0.2, 0.25) is 0 Å². The highest BCUT2D eigenvalue weighted by molar-refractivity contribution is 5.78. The first-order valence-electron chi connectivity index (χ1n) is 12.5. The quantitative estimate of drug-likeness (QED) is 0.237. The number of halogens is 1. The molecule has 2 unspecified atom stereocenters. The zero-order chi connectivity index (χ0) is 23.5. The molecule has 2 N–H and O–H groups in total. The average Bonchev–Trinajstić information content (AvgIpc) is 3.31. The summed E-state index contributed by atoms with van der Waals surface area (Å²) in [7, 11) is 0. The molecule has 0 aromatic rings. The predicted octanol–water partition coefficient (Wildman–Crippen LogP) is 6.31. The normalized spacial score (nSPS) is 24.4. The molecule has 2 aliphatic rings. The van der Waals surface area contributed by atoms with Gasteiger partial charge in [0.05, 0.1) is 13.2 Å². The summed E-state index contributed by atoms with van der Waals surface area (Å²) in [5.41, 5.74) is -2.62. The number of allylic oxidation sites excluding steroid dienone is 2. The summed E-state index contributed by atoms with van der Waals surface area (Å²) < 4.78 is 27.3. The van der Waals surface area contributed by atoms with Crippen molar-refractivity contribution in [1.29, 1.82) is 0 Å². The predicted molar refractivity (Wildman–Crippen MR) is 124 cm³/mol. The van der Waals surface area contributed by atoms with E-state index in [4.69, 9.17) is 14.6 Å². The fraction of sp³-hybridized carbons (Fsp3) is 0.808. The van der Waals surface area contributed by atoms with E-state index in [-0.39, 0.29) is 18.9 Å². The van der Waals surface area contributed by atoms with Crippen LogP contribution >= 0.6 is 0 Å². The van der Waals surface area contributed by atoms with E-state index in [0.29, 0.717) is 38.0 Å². The molecule has 1 aliphatic heterocycles. The van der Waals surface area contributed by atoms with Crippen molar-refractivity contribution in [3.8, 4) is 0 Å². The van der Waals surface area contributed by atoms with E-state index in [9.17, 15) is 9.90 Å². The zero-order valence-electron chi connectivity index (χ0n) is 20.0. The molecule has 2 fully saturated rings. The van der Waals surface area contributed by atoms with Gasteiger partial charge in [0.2, 0.25) is 0 Å². The maximum Gasteiger partial charge on any atom is 0.317 e. The van der Waals surface area contributed by atoms with Crippen LogP contribution in [0.5, 0.6) is 0 Å². The van der Waals surface area contributed by atoms with Crippen LogP contribution in [0.15, 0.2) is 24.0 Å². The minimum Gasteiger partial charge on any atom is -0.480 e. The molecule has 0 radical (unpaired) electrons. The van der Waals surface area contributed by atoms with Gasteiger partial charge in [0, 0.05) is 12.8 Å². The molecule has 3 atom stereocenters. The molecule has 1 heterocycles. The Morgan fingerprint density at radius 2 is 1.88 bits per heavy atom. The lowest BCUT2D eigenvalue weighted by Crippen LogP contribution is -2.42. The van der Waals surface area contributed by atoms with Gasteiger partial charge in [-0.1, -0.05) is 44.8 Å². The molecule has 0 bridgehead atoms. The zero-order valence-corrected chi connectivity index (χ0v) is 20.0. The minimum absolute atomic E-state index is 0.0566. The smallest absolute Gasteiger partial charge is 0.317 e. The number of aliphatic hydroxyl groups is 1. The van der Waals surface area contributed by atoms with Crippen molar-refractivity contribution in [1.82, 2.24) is 0 Å². The van der Waals surface area contributed by atoms with Gasteiger partial charge >= 0.3 is 5.97 Å². The van der Waals surface area contributed by atoms with Gasteiger partial charge in [0.25, 0.3) is 0 Å². The molecule has 6 heteroatoms. The third-order valence-corrected chi connectivity index (χ3v) is 7.01. The fourth-order valence-electron chi connectivity index (χ4n) is 5.07. The van der Waals surface area contributed by atoms with Crippen molar-refractivity contribution in [2.45, 2.75) is 109 Å². The molecule has 1 aliphatic carbocycles. The molecular formula is C26H43FO5. The summed E-state index contributed by atoms with van der Waals surface area (Å²) >= 11 is 0. The first-order valence-corrected chi connectivity index (χ1v) is 12.5. The molecule has 32 heavy (non-hydrogen) atoms. The highest BCUT2D eigenvalue weighted by Crippen LogP contribution is 2.50. The first-order chi connectivity index (χ1) is 15.4. The van der Waals surface area contributed by atoms with E-state index in [1.807, 2.05) is 13.0 Å². The third-order valence-electron chi connectivity index (χ3n) is 7.01. The largest absolute Gasteiger partial charge is 0.480 e. The van der Waals surface area contributed by atoms with Gasteiger partial charge in [0.15, 0.2) is 6.29 Å². The Kier molecular flexibility index (Phi) is 11.2. The van der Waals surface area contributed by atoms with Crippen molar-refractivity contribution in [2.24, 2.45) is 11.3 Å². The lowest BCUT2D eigenvalue weighted by Gasteiger charge is -2.39. The Morgan fingerprint density at radius 3 is 2.47 bits per heavy atom. The maximum atomic E-state index is 15.2. The monoisotopic (exact) mass is 454 g/mol. The summed E-state index contributed by atoms with van der Waals surface area (Å²) in [6, 6.07) is 0. The summed E-state index contributed by atoms with van der Waals surface area (Å²) in [4.78, 5) is 12.9. The number of rotatable bonds is 14. The Morgan fingerprint density at radius 1 is 1.16 bits per heavy atom. The number of carboxylic acid groups (broad SMARTS) is 1. The number of hydrogen-bond acceptors (Lipinski definition) is 4. The minimum atomic E-state index is -1.41. The Bertz CT molecular complexity index is 618. The first kappa shape index (κ1) is 26.8. The Balaban J connectivity index is 2.41. The fourth-order valence-corrected chi connectivity index (χ4v) is 5.07. The average molecular weight is 455 g/mol. The summed E-state index contributed by atoms with van der Waals surface area (Å²) in [5, 5.41) is 19.7. The number of aliphatic hydroxyl groups excluding tert-OH is 1. The van der Waals surface area contributed by atoms with Crippen LogP contribution in [-0.4, -0.2) is 41.4 Å². The number of unbranched alkanes of at least 4 members (excludes halogenated alkanes) is 1. The van der Waals surface area contributed by atoms with E-state index in [1.165, 1.54) is 0 Å². The second-order valence-electron chi connectivity index (χ2n) is 9.65. The molecular weight excluding hydrogens is 411 g/mol. The summed E-state index contributed by atoms with van der Waals surface area (Å²) in [5.74, 6) is -0.585. The van der Waals surface area contributed by atoms with Crippen molar-refractivity contribution in [2.75, 3.05) is 13.2 Å². The van der Waals surface area contributed by atoms with Crippen molar-refractivity contribution >= 4 is 5.97 Å². The molecule has 1 saturated carbocycles. The standard InChI is InChI=1S/C26H43FO5/c1-3-4-16-25(2,27)18-15-22(32-23-14-8-11-20-31-23)26(24(29)30,17-9-5-10-19-28)21-12-6-7-13-21/h5,10,15,21,23,28H,3-4,6-9,11-14,16-20H2,1-2H3,(H,29,30)/t23?,25?,26-/m1/s1. The second kappa shape index (κ2) is 13.3. The number of carboxylic acids is 1. The number of carbonyl (C=O) groups is 1. The van der Waals surface area contributed by atoms with Crippen LogP contribution in [0.3, 0.4) is 0 Å². The van der Waals surface area contributed by atoms with Crippen LogP contribution in [0.4, 0.5) is 4.39 Å². The highest BCUT2D eigenvalue weighted by Gasteiger charge is 2.51. The van der Waals surface area contributed by atoms with Crippen molar-refractivity contribution in [3.05, 3.63) is 24.0 Å². The lowest BCUT2D eigenvalue weighted by atomic mass is 9.69. The van der Waals surface area contributed by atoms with Gasteiger partial charge in [-0.15, -0.1) is 0 Å². The van der Waals surface area contributed by atoms with Gasteiger partial charge in [-0.05, 0) is 63.9 Å². The van der Waals surface area contributed by atoms with Crippen LogP contribution in [0, 0.1) is 11.3 Å². The summed E-state index contributed by atoms with van der Waals surface area (Å²) in [6.07, 6.45) is 14.1. The van der Waals surface area contributed by atoms with Gasteiger partial charge in [-0.25, -0.2) is 4.39 Å². The number of hydrogen-bond donors (Lipinski definition) is 2. The number of aliphatic carboxylic acids is 1. The third kappa shape index (κ3) is 7.58. The molecule has 5 nitrogen and oxygen atoms in total. The topological polar surface area (TPSA) is 76.0 Å². The molecule has 184 valence electrons. The molecule has 2 rings (SSSR count). The van der Waals surface area contributed by atoms with Crippen molar-refractivity contribution in [3.63, 3.8) is 0 Å². The van der Waals surface area contributed by atoms with E-state index < -0.39 is 23.3 Å². The van der Waals surface area contributed by atoms with Crippen molar-refractivity contribution < 1.29 is 28.9 Å². The van der Waals surface area contributed by atoms with Gasteiger partial charge < -0.3 is 19.7 Å². The van der Waals surface area contributed by atoms with E-state index in [0.717, 1.165) is 51.4 Å². The molecule has 0 aromatic carbocycles. The number of ether oxygens (including phenoxy) is 2.